The molecule has 0 fully saturated rings. The molecule has 5 nitrogen and oxygen atoms in total. The minimum atomic E-state index is -0.729. The standard InChI is InChI=1S/C21H15BrClN3O2S/c1-12(19(27)25-16-8-6-15(23)7-9-16)26-11-24-20-18(21(26)28)17(10-29-20)13-2-4-14(22)5-3-13/h2-12H,1H3,(H,25,27). The van der Waals surface area contributed by atoms with E-state index >= 15 is 0 Å². The third-order valence-electron chi connectivity index (χ3n) is 4.58. The van der Waals surface area contributed by atoms with Crippen molar-refractivity contribution in [1.29, 1.82) is 0 Å². The second-order valence-corrected chi connectivity index (χ2v) is 8.68. The van der Waals surface area contributed by atoms with E-state index < -0.39 is 6.04 Å². The topological polar surface area (TPSA) is 64.0 Å². The van der Waals surface area contributed by atoms with Gasteiger partial charge in [-0.15, -0.1) is 11.3 Å². The number of aromatic nitrogens is 2. The SMILES string of the molecule is CC(C(=O)Nc1ccc(Cl)cc1)n1cnc2scc(-c3ccc(Br)cc3)c2c1=O. The molecule has 0 saturated carbocycles. The number of thiophene rings is 1. The van der Waals surface area contributed by atoms with Gasteiger partial charge in [0.15, 0.2) is 0 Å². The van der Waals surface area contributed by atoms with Crippen molar-refractivity contribution in [3.8, 4) is 11.1 Å². The predicted molar refractivity (Wildman–Crippen MR) is 122 cm³/mol. The highest BCUT2D eigenvalue weighted by Crippen LogP contribution is 2.31. The van der Waals surface area contributed by atoms with Crippen molar-refractivity contribution >= 4 is 60.7 Å². The molecule has 0 aliphatic rings. The van der Waals surface area contributed by atoms with E-state index in [9.17, 15) is 9.59 Å². The van der Waals surface area contributed by atoms with Gasteiger partial charge >= 0.3 is 0 Å². The third kappa shape index (κ3) is 3.99. The number of nitrogens with zero attached hydrogens (tertiary/aromatic N) is 2. The van der Waals surface area contributed by atoms with Gasteiger partial charge in [0.1, 0.15) is 10.9 Å². The minimum Gasteiger partial charge on any atom is -0.324 e. The van der Waals surface area contributed by atoms with Gasteiger partial charge in [-0.3, -0.25) is 14.2 Å². The van der Waals surface area contributed by atoms with E-state index in [2.05, 4.69) is 26.2 Å². The molecule has 0 aliphatic carbocycles. The number of nitrogens with one attached hydrogen (secondary N) is 1. The van der Waals surface area contributed by atoms with Gasteiger partial charge in [0.25, 0.3) is 5.56 Å². The van der Waals surface area contributed by atoms with Crippen LogP contribution < -0.4 is 10.9 Å². The first-order valence-electron chi connectivity index (χ1n) is 8.75. The number of amides is 1. The van der Waals surface area contributed by atoms with Crippen LogP contribution in [0.2, 0.25) is 5.02 Å². The highest BCUT2D eigenvalue weighted by molar-refractivity contribution is 9.10. The summed E-state index contributed by atoms with van der Waals surface area (Å²) in [5, 5.41) is 5.83. The molecular formula is C21H15BrClN3O2S. The van der Waals surface area contributed by atoms with Crippen LogP contribution in [0.1, 0.15) is 13.0 Å². The van der Waals surface area contributed by atoms with Crippen molar-refractivity contribution in [3.63, 3.8) is 0 Å². The normalized spacial score (nSPS) is 12.1. The number of hydrogen-bond donors (Lipinski definition) is 1. The molecule has 2 heterocycles. The molecule has 1 unspecified atom stereocenters. The Labute approximate surface area is 184 Å². The molecule has 0 saturated heterocycles. The molecule has 0 bridgehead atoms. The molecule has 2 aromatic carbocycles. The lowest BCUT2D eigenvalue weighted by Gasteiger charge is -2.15. The highest BCUT2D eigenvalue weighted by atomic mass is 79.9. The molecule has 1 atom stereocenters. The Bertz CT molecular complexity index is 1250. The Balaban J connectivity index is 1.70. The second-order valence-electron chi connectivity index (χ2n) is 6.47. The predicted octanol–water partition coefficient (Wildman–Crippen LogP) is 5.74. The van der Waals surface area contributed by atoms with E-state index in [4.69, 9.17) is 11.6 Å². The lowest BCUT2D eigenvalue weighted by Crippen LogP contribution is -2.31. The van der Waals surface area contributed by atoms with Gasteiger partial charge in [0.05, 0.1) is 11.7 Å². The molecular weight excluding hydrogens is 474 g/mol. The fraction of sp³-hybridized carbons (Fsp3) is 0.0952. The van der Waals surface area contributed by atoms with Gasteiger partial charge in [0.2, 0.25) is 5.91 Å². The number of benzene rings is 2. The number of carbonyl (C=O) groups is 1. The van der Waals surface area contributed by atoms with Crippen LogP contribution in [0, 0.1) is 0 Å². The third-order valence-corrected chi connectivity index (χ3v) is 6.25. The van der Waals surface area contributed by atoms with Crippen molar-refractivity contribution in [3.05, 3.63) is 80.1 Å². The summed E-state index contributed by atoms with van der Waals surface area (Å²) in [6, 6.07) is 13.8. The number of fused-ring (bicyclic) bond motifs is 1. The molecule has 1 N–H and O–H groups in total. The Hall–Kier alpha value is -2.48. The van der Waals surface area contributed by atoms with E-state index in [0.717, 1.165) is 15.6 Å². The maximum Gasteiger partial charge on any atom is 0.263 e. The first-order chi connectivity index (χ1) is 13.9. The summed E-state index contributed by atoms with van der Waals surface area (Å²) in [6.45, 7) is 1.67. The van der Waals surface area contributed by atoms with Crippen LogP contribution in [-0.4, -0.2) is 15.5 Å². The lowest BCUT2D eigenvalue weighted by atomic mass is 10.1. The van der Waals surface area contributed by atoms with Crippen LogP contribution in [0.4, 0.5) is 5.69 Å². The number of halogens is 2. The smallest absolute Gasteiger partial charge is 0.263 e. The number of anilines is 1. The lowest BCUT2D eigenvalue weighted by molar-refractivity contribution is -0.118. The molecule has 2 aromatic heterocycles. The van der Waals surface area contributed by atoms with E-state index in [0.29, 0.717) is 20.9 Å². The summed E-state index contributed by atoms with van der Waals surface area (Å²) in [5.74, 6) is -0.309. The summed E-state index contributed by atoms with van der Waals surface area (Å²) in [6.07, 6.45) is 1.43. The van der Waals surface area contributed by atoms with Crippen molar-refractivity contribution in [2.45, 2.75) is 13.0 Å². The average molecular weight is 489 g/mol. The zero-order chi connectivity index (χ0) is 20.5. The van der Waals surface area contributed by atoms with Crippen molar-refractivity contribution in [2.24, 2.45) is 0 Å². The molecule has 0 radical (unpaired) electrons. The van der Waals surface area contributed by atoms with Gasteiger partial charge in [-0.1, -0.05) is 39.7 Å². The summed E-state index contributed by atoms with van der Waals surface area (Å²) >= 11 is 10.7. The Kier molecular flexibility index (Phi) is 5.54. The Morgan fingerprint density at radius 3 is 2.55 bits per heavy atom. The zero-order valence-corrected chi connectivity index (χ0v) is 18.4. The van der Waals surface area contributed by atoms with Crippen LogP contribution in [0.25, 0.3) is 21.3 Å². The van der Waals surface area contributed by atoms with E-state index in [1.54, 1.807) is 31.2 Å². The van der Waals surface area contributed by atoms with E-state index in [1.807, 2.05) is 29.6 Å². The van der Waals surface area contributed by atoms with Gasteiger partial charge in [-0.05, 0) is 48.9 Å². The van der Waals surface area contributed by atoms with Crippen molar-refractivity contribution in [2.75, 3.05) is 5.32 Å². The first-order valence-corrected chi connectivity index (χ1v) is 10.8. The monoisotopic (exact) mass is 487 g/mol. The van der Waals surface area contributed by atoms with Crippen molar-refractivity contribution < 1.29 is 4.79 Å². The van der Waals surface area contributed by atoms with Crippen LogP contribution in [0.3, 0.4) is 0 Å². The number of rotatable bonds is 4. The van der Waals surface area contributed by atoms with Crippen LogP contribution in [0.5, 0.6) is 0 Å². The average Bonchev–Trinajstić information content (AvgIpc) is 3.15. The maximum absolute atomic E-state index is 13.2. The Morgan fingerprint density at radius 1 is 1.17 bits per heavy atom. The zero-order valence-electron chi connectivity index (χ0n) is 15.2. The van der Waals surface area contributed by atoms with E-state index in [1.165, 1.54) is 22.2 Å². The minimum absolute atomic E-state index is 0.243. The molecule has 8 heteroatoms. The fourth-order valence-corrected chi connectivity index (χ4v) is 4.27. The summed E-state index contributed by atoms with van der Waals surface area (Å²) in [5.41, 5.74) is 2.11. The van der Waals surface area contributed by atoms with Crippen LogP contribution in [-0.2, 0) is 4.79 Å². The van der Waals surface area contributed by atoms with Crippen molar-refractivity contribution in [1.82, 2.24) is 9.55 Å². The molecule has 29 heavy (non-hydrogen) atoms. The summed E-state index contributed by atoms with van der Waals surface area (Å²) < 4.78 is 2.33. The molecule has 0 aliphatic heterocycles. The molecule has 0 spiro atoms. The second kappa shape index (κ2) is 8.10. The maximum atomic E-state index is 13.2. The van der Waals surface area contributed by atoms with Gasteiger partial charge < -0.3 is 5.32 Å². The highest BCUT2D eigenvalue weighted by Gasteiger charge is 2.20. The van der Waals surface area contributed by atoms with Crippen LogP contribution in [0.15, 0.2) is 69.5 Å². The molecule has 4 rings (SSSR count). The molecule has 1 amide bonds. The number of hydrogen-bond acceptors (Lipinski definition) is 4. The molecule has 146 valence electrons. The van der Waals surface area contributed by atoms with Crippen LogP contribution >= 0.6 is 38.9 Å². The summed E-state index contributed by atoms with van der Waals surface area (Å²) in [4.78, 5) is 30.9. The van der Waals surface area contributed by atoms with Gasteiger partial charge in [-0.25, -0.2) is 4.98 Å². The fourth-order valence-electron chi connectivity index (χ4n) is 2.97. The Morgan fingerprint density at radius 2 is 1.86 bits per heavy atom. The van der Waals surface area contributed by atoms with Gasteiger partial charge in [-0.2, -0.15) is 0 Å². The van der Waals surface area contributed by atoms with E-state index in [-0.39, 0.29) is 11.5 Å². The van der Waals surface area contributed by atoms with Gasteiger partial charge in [0, 0.05) is 26.1 Å². The largest absolute Gasteiger partial charge is 0.324 e. The number of carbonyl (C=O) groups excluding carboxylic acids is 1. The quantitative estimate of drug-likeness (QED) is 0.398. The first kappa shape index (κ1) is 19.8. The summed E-state index contributed by atoms with van der Waals surface area (Å²) in [7, 11) is 0. The molecule has 4 aromatic rings.